The van der Waals surface area contributed by atoms with Gasteiger partial charge in [0.1, 0.15) is 5.76 Å². The van der Waals surface area contributed by atoms with Gasteiger partial charge < -0.3 is 14.3 Å². The Balaban J connectivity index is 1.74. The molecule has 7 heteroatoms. The number of urea groups is 1. The van der Waals surface area contributed by atoms with Crippen LogP contribution in [0.3, 0.4) is 0 Å². The molecule has 0 atom stereocenters. The first-order chi connectivity index (χ1) is 9.54. The lowest BCUT2D eigenvalue weighted by Gasteiger charge is -2.34. The predicted octanol–water partition coefficient (Wildman–Crippen LogP) is 0.694. The normalized spacial score (nSPS) is 16.7. The molecule has 0 aliphatic carbocycles. The van der Waals surface area contributed by atoms with Gasteiger partial charge in [-0.25, -0.2) is 4.79 Å². The van der Waals surface area contributed by atoms with Crippen molar-refractivity contribution < 1.29 is 9.32 Å². The number of nitrogens with one attached hydrogen (secondary N) is 1. The summed E-state index contributed by atoms with van der Waals surface area (Å²) in [6, 6.07) is 1.61. The van der Waals surface area contributed by atoms with Crippen LogP contribution in [0.4, 0.5) is 10.6 Å². The van der Waals surface area contributed by atoms with Gasteiger partial charge in [-0.2, -0.15) is 0 Å². The first-order valence-electron chi connectivity index (χ1n) is 6.91. The summed E-state index contributed by atoms with van der Waals surface area (Å²) < 4.78 is 4.93. The van der Waals surface area contributed by atoms with Gasteiger partial charge in [0, 0.05) is 45.3 Å². The van der Waals surface area contributed by atoms with Gasteiger partial charge in [-0.3, -0.25) is 10.2 Å². The highest BCUT2D eigenvalue weighted by Gasteiger charge is 2.21. The summed E-state index contributed by atoms with van der Waals surface area (Å²) in [4.78, 5) is 18.4. The Hall–Kier alpha value is -1.60. The van der Waals surface area contributed by atoms with Crippen molar-refractivity contribution >= 4 is 11.8 Å². The van der Waals surface area contributed by atoms with Gasteiger partial charge in [-0.1, -0.05) is 5.16 Å². The number of piperazine rings is 1. The van der Waals surface area contributed by atoms with E-state index in [4.69, 9.17) is 4.52 Å². The van der Waals surface area contributed by atoms with E-state index >= 15 is 0 Å². The van der Waals surface area contributed by atoms with Gasteiger partial charge >= 0.3 is 6.03 Å². The molecule has 0 radical (unpaired) electrons. The van der Waals surface area contributed by atoms with Crippen LogP contribution in [0.2, 0.25) is 0 Å². The number of likely N-dealkylation sites (N-methyl/N-ethyl adjacent to an activating group) is 1. The number of aromatic nitrogens is 1. The predicted molar refractivity (Wildman–Crippen MR) is 76.8 cm³/mol. The molecular formula is C13H23N5O2. The van der Waals surface area contributed by atoms with E-state index in [2.05, 4.69) is 34.4 Å². The molecule has 1 fully saturated rings. The van der Waals surface area contributed by atoms with E-state index in [1.165, 1.54) is 0 Å². The number of rotatable bonds is 4. The maximum Gasteiger partial charge on any atom is 0.323 e. The van der Waals surface area contributed by atoms with Crippen molar-refractivity contribution in [3.8, 4) is 0 Å². The smallest absolute Gasteiger partial charge is 0.323 e. The van der Waals surface area contributed by atoms with E-state index in [-0.39, 0.29) is 6.03 Å². The summed E-state index contributed by atoms with van der Waals surface area (Å²) >= 11 is 0. The zero-order valence-electron chi connectivity index (χ0n) is 12.4. The Labute approximate surface area is 119 Å². The molecule has 1 aromatic heterocycles. The molecule has 0 spiro atoms. The van der Waals surface area contributed by atoms with Crippen LogP contribution in [-0.4, -0.2) is 79.3 Å². The fraction of sp³-hybridized carbons (Fsp3) is 0.692. The van der Waals surface area contributed by atoms with Crippen molar-refractivity contribution in [1.82, 2.24) is 19.9 Å². The Morgan fingerprint density at radius 2 is 2.10 bits per heavy atom. The minimum absolute atomic E-state index is 0.106. The van der Waals surface area contributed by atoms with Crippen LogP contribution in [0.15, 0.2) is 10.6 Å². The monoisotopic (exact) mass is 281 g/mol. The van der Waals surface area contributed by atoms with Crippen molar-refractivity contribution in [2.24, 2.45) is 0 Å². The van der Waals surface area contributed by atoms with E-state index in [0.29, 0.717) is 11.6 Å². The van der Waals surface area contributed by atoms with E-state index in [0.717, 1.165) is 39.3 Å². The van der Waals surface area contributed by atoms with Crippen LogP contribution in [0.25, 0.3) is 0 Å². The molecule has 1 N–H and O–H groups in total. The number of hydrogen-bond donors (Lipinski definition) is 1. The molecule has 1 aliphatic rings. The zero-order valence-corrected chi connectivity index (χ0v) is 12.4. The zero-order chi connectivity index (χ0) is 14.5. The van der Waals surface area contributed by atoms with Gasteiger partial charge in [0.25, 0.3) is 0 Å². The number of aryl methyl sites for hydroxylation is 1. The third kappa shape index (κ3) is 4.21. The third-order valence-corrected chi connectivity index (χ3v) is 3.39. The molecule has 0 aromatic carbocycles. The van der Waals surface area contributed by atoms with E-state index < -0.39 is 0 Å². The summed E-state index contributed by atoms with van der Waals surface area (Å²) in [6.07, 6.45) is 0. The van der Waals surface area contributed by atoms with E-state index in [1.54, 1.807) is 13.0 Å². The number of nitrogens with zero attached hydrogens (tertiary/aromatic N) is 4. The Kier molecular flexibility index (Phi) is 4.97. The first kappa shape index (κ1) is 14.8. The third-order valence-electron chi connectivity index (χ3n) is 3.39. The van der Waals surface area contributed by atoms with Crippen molar-refractivity contribution in [2.45, 2.75) is 6.92 Å². The molecule has 1 aliphatic heterocycles. The quantitative estimate of drug-likeness (QED) is 0.880. The molecule has 7 nitrogen and oxygen atoms in total. The number of anilines is 1. The van der Waals surface area contributed by atoms with E-state index in [9.17, 15) is 4.79 Å². The molecule has 1 aromatic rings. The lowest BCUT2D eigenvalue weighted by atomic mass is 10.3. The minimum atomic E-state index is -0.106. The Bertz CT molecular complexity index is 438. The second kappa shape index (κ2) is 6.71. The Morgan fingerprint density at radius 1 is 1.40 bits per heavy atom. The standard InChI is InChI=1S/C13H23N5O2/c1-11-10-12(15-20-11)14-13(19)18-8-6-17(7-9-18)5-4-16(2)3/h10H,4-9H2,1-3H3,(H,14,15,19). The number of amides is 2. The van der Waals surface area contributed by atoms with Crippen molar-refractivity contribution in [3.63, 3.8) is 0 Å². The molecule has 1 saturated heterocycles. The molecule has 20 heavy (non-hydrogen) atoms. The summed E-state index contributed by atoms with van der Waals surface area (Å²) in [6.45, 7) is 7.21. The molecule has 2 rings (SSSR count). The second-order valence-electron chi connectivity index (χ2n) is 5.38. The SMILES string of the molecule is Cc1cc(NC(=O)N2CCN(CCN(C)C)CC2)no1. The largest absolute Gasteiger partial charge is 0.360 e. The van der Waals surface area contributed by atoms with Gasteiger partial charge in [0.15, 0.2) is 5.82 Å². The summed E-state index contributed by atoms with van der Waals surface area (Å²) in [7, 11) is 4.15. The number of carbonyl (C=O) groups is 1. The minimum Gasteiger partial charge on any atom is -0.360 e. The average molecular weight is 281 g/mol. The molecule has 0 saturated carbocycles. The van der Waals surface area contributed by atoms with Gasteiger partial charge in [-0.05, 0) is 21.0 Å². The van der Waals surface area contributed by atoms with Gasteiger partial charge in [0.05, 0.1) is 0 Å². The number of hydrogen-bond acceptors (Lipinski definition) is 5. The van der Waals surface area contributed by atoms with Crippen molar-refractivity contribution in [3.05, 3.63) is 11.8 Å². The summed E-state index contributed by atoms with van der Waals surface area (Å²) in [5, 5.41) is 6.52. The fourth-order valence-corrected chi connectivity index (χ4v) is 2.13. The van der Waals surface area contributed by atoms with Crippen molar-refractivity contribution in [1.29, 1.82) is 0 Å². The lowest BCUT2D eigenvalue weighted by Crippen LogP contribution is -2.51. The Morgan fingerprint density at radius 3 is 2.65 bits per heavy atom. The molecule has 2 heterocycles. The number of carbonyl (C=O) groups excluding carboxylic acids is 1. The second-order valence-corrected chi connectivity index (χ2v) is 5.38. The van der Waals surface area contributed by atoms with Gasteiger partial charge in [-0.15, -0.1) is 0 Å². The summed E-state index contributed by atoms with van der Waals surface area (Å²) in [5.74, 6) is 1.16. The fourth-order valence-electron chi connectivity index (χ4n) is 2.13. The highest BCUT2D eigenvalue weighted by atomic mass is 16.5. The summed E-state index contributed by atoms with van der Waals surface area (Å²) in [5.41, 5.74) is 0. The lowest BCUT2D eigenvalue weighted by molar-refractivity contribution is 0.140. The van der Waals surface area contributed by atoms with Crippen LogP contribution >= 0.6 is 0 Å². The highest BCUT2D eigenvalue weighted by molar-refractivity contribution is 5.88. The van der Waals surface area contributed by atoms with Crippen LogP contribution in [0, 0.1) is 6.92 Å². The topological polar surface area (TPSA) is 64.9 Å². The van der Waals surface area contributed by atoms with Crippen LogP contribution in [0.5, 0.6) is 0 Å². The average Bonchev–Trinajstić information content (AvgIpc) is 2.82. The maximum atomic E-state index is 12.1. The maximum absolute atomic E-state index is 12.1. The van der Waals surface area contributed by atoms with Crippen LogP contribution in [0.1, 0.15) is 5.76 Å². The van der Waals surface area contributed by atoms with E-state index in [1.807, 2.05) is 4.90 Å². The molecular weight excluding hydrogens is 258 g/mol. The van der Waals surface area contributed by atoms with Crippen LogP contribution in [-0.2, 0) is 0 Å². The van der Waals surface area contributed by atoms with Crippen LogP contribution < -0.4 is 5.32 Å². The highest BCUT2D eigenvalue weighted by Crippen LogP contribution is 2.09. The molecule has 0 bridgehead atoms. The molecule has 112 valence electrons. The first-order valence-corrected chi connectivity index (χ1v) is 6.91. The van der Waals surface area contributed by atoms with Gasteiger partial charge in [0.2, 0.25) is 0 Å². The molecule has 2 amide bonds. The van der Waals surface area contributed by atoms with Crippen molar-refractivity contribution in [2.75, 3.05) is 58.7 Å². The molecule has 0 unspecified atom stereocenters.